The smallest absolute Gasteiger partial charge is 0.188 e. The van der Waals surface area contributed by atoms with Crippen LogP contribution < -0.4 is 11.1 Å². The second kappa shape index (κ2) is 4.91. The highest BCUT2D eigenvalue weighted by Gasteiger charge is 2.21. The molecule has 1 saturated heterocycles. The maximum absolute atomic E-state index is 5.76. The average Bonchev–Trinajstić information content (AvgIpc) is 3.00. The van der Waals surface area contributed by atoms with Gasteiger partial charge in [0.1, 0.15) is 0 Å². The lowest BCUT2D eigenvalue weighted by molar-refractivity contribution is 0.666. The summed E-state index contributed by atoms with van der Waals surface area (Å²) >= 11 is 2.05. The summed E-state index contributed by atoms with van der Waals surface area (Å²) in [5.74, 6) is 1.95. The van der Waals surface area contributed by atoms with E-state index in [4.69, 9.17) is 5.73 Å². The highest BCUT2D eigenvalue weighted by molar-refractivity contribution is 7.99. The van der Waals surface area contributed by atoms with Crippen LogP contribution in [0, 0.1) is 0 Å². The Hall–Kier alpha value is -0.380. The minimum atomic E-state index is 0.623. The zero-order chi connectivity index (χ0) is 9.80. The van der Waals surface area contributed by atoms with Crippen LogP contribution in [0.1, 0.15) is 32.1 Å². The lowest BCUT2D eigenvalue weighted by Crippen LogP contribution is -2.34. The number of nitrogens with two attached hydrogens (primary N) is 1. The van der Waals surface area contributed by atoms with E-state index < -0.39 is 0 Å². The number of rotatable bonds is 3. The second-order valence-electron chi connectivity index (χ2n) is 4.13. The summed E-state index contributed by atoms with van der Waals surface area (Å²) in [5, 5.41) is 3.92. The molecule has 1 aliphatic heterocycles. The molecule has 80 valence electrons. The summed E-state index contributed by atoms with van der Waals surface area (Å²) in [6, 6.07) is 0.623. The molecular weight excluding hydrogens is 194 g/mol. The Kier molecular flexibility index (Phi) is 3.56. The van der Waals surface area contributed by atoms with Crippen molar-refractivity contribution in [1.29, 1.82) is 0 Å². The Morgan fingerprint density at radius 1 is 1.36 bits per heavy atom. The maximum Gasteiger partial charge on any atom is 0.188 e. The number of guanidine groups is 1. The van der Waals surface area contributed by atoms with E-state index in [2.05, 4.69) is 10.3 Å². The van der Waals surface area contributed by atoms with Crippen LogP contribution in [0.15, 0.2) is 4.99 Å². The molecule has 3 N–H and O–H groups in total. The summed E-state index contributed by atoms with van der Waals surface area (Å²) in [4.78, 5) is 4.39. The standard InChI is InChI=1S/C10H19N3S/c11-10(13-8-4-5-8)12-7-9-3-1-2-6-14-9/h8-9H,1-7H2,(H3,11,12,13). The van der Waals surface area contributed by atoms with Crippen LogP contribution in [-0.2, 0) is 0 Å². The van der Waals surface area contributed by atoms with Gasteiger partial charge in [0, 0.05) is 11.3 Å². The van der Waals surface area contributed by atoms with Crippen molar-refractivity contribution in [3.8, 4) is 0 Å². The van der Waals surface area contributed by atoms with E-state index in [1.807, 2.05) is 11.8 Å². The minimum Gasteiger partial charge on any atom is -0.370 e. The number of hydrogen-bond donors (Lipinski definition) is 2. The Morgan fingerprint density at radius 3 is 2.86 bits per heavy atom. The first kappa shape index (κ1) is 10.1. The van der Waals surface area contributed by atoms with Gasteiger partial charge in [-0.2, -0.15) is 11.8 Å². The summed E-state index contributed by atoms with van der Waals surface area (Å²) < 4.78 is 0. The first-order valence-electron chi connectivity index (χ1n) is 5.52. The van der Waals surface area contributed by atoms with Gasteiger partial charge in [-0.05, 0) is 31.4 Å². The van der Waals surface area contributed by atoms with Gasteiger partial charge in [-0.3, -0.25) is 4.99 Å². The molecule has 0 spiro atoms. The molecule has 1 unspecified atom stereocenters. The normalized spacial score (nSPS) is 28.9. The first-order valence-corrected chi connectivity index (χ1v) is 6.57. The van der Waals surface area contributed by atoms with Gasteiger partial charge in [0.25, 0.3) is 0 Å². The van der Waals surface area contributed by atoms with Gasteiger partial charge in [-0.25, -0.2) is 0 Å². The number of nitrogens with one attached hydrogen (secondary N) is 1. The monoisotopic (exact) mass is 213 g/mol. The minimum absolute atomic E-state index is 0.623. The summed E-state index contributed by atoms with van der Waals surface area (Å²) in [5.41, 5.74) is 5.76. The Bertz CT molecular complexity index is 207. The molecule has 0 aromatic heterocycles. The number of nitrogens with zero attached hydrogens (tertiary/aromatic N) is 1. The number of thioether (sulfide) groups is 1. The molecule has 0 radical (unpaired) electrons. The van der Waals surface area contributed by atoms with E-state index in [1.54, 1.807) is 0 Å². The van der Waals surface area contributed by atoms with Crippen molar-refractivity contribution < 1.29 is 0 Å². The van der Waals surface area contributed by atoms with Crippen LogP contribution in [0.4, 0.5) is 0 Å². The lowest BCUT2D eigenvalue weighted by Gasteiger charge is -2.19. The van der Waals surface area contributed by atoms with Crippen LogP contribution in [0.25, 0.3) is 0 Å². The van der Waals surface area contributed by atoms with Gasteiger partial charge in [0.05, 0.1) is 6.54 Å². The third-order valence-corrected chi connectivity index (χ3v) is 4.05. The summed E-state index contributed by atoms with van der Waals surface area (Å²) in [6.45, 7) is 0.899. The van der Waals surface area contributed by atoms with Crippen LogP contribution in [-0.4, -0.2) is 29.5 Å². The fraction of sp³-hybridized carbons (Fsp3) is 0.900. The van der Waals surface area contributed by atoms with Crippen molar-refractivity contribution in [2.75, 3.05) is 12.3 Å². The molecule has 4 heteroatoms. The third kappa shape index (κ3) is 3.40. The van der Waals surface area contributed by atoms with E-state index in [0.717, 1.165) is 6.54 Å². The van der Waals surface area contributed by atoms with Gasteiger partial charge >= 0.3 is 0 Å². The van der Waals surface area contributed by atoms with Crippen molar-refractivity contribution in [3.05, 3.63) is 0 Å². The molecule has 0 bridgehead atoms. The van der Waals surface area contributed by atoms with Crippen molar-refractivity contribution in [2.45, 2.75) is 43.4 Å². The number of aliphatic imine (C=N–C) groups is 1. The SMILES string of the molecule is NC(=NCC1CCCCS1)NC1CC1. The zero-order valence-electron chi connectivity index (χ0n) is 8.54. The highest BCUT2D eigenvalue weighted by Crippen LogP contribution is 2.25. The molecule has 2 rings (SSSR count). The van der Waals surface area contributed by atoms with E-state index in [1.165, 1.54) is 37.9 Å². The van der Waals surface area contributed by atoms with E-state index >= 15 is 0 Å². The van der Waals surface area contributed by atoms with Crippen molar-refractivity contribution in [1.82, 2.24) is 5.32 Å². The average molecular weight is 213 g/mol. The predicted molar refractivity (Wildman–Crippen MR) is 62.7 cm³/mol. The molecule has 0 aromatic rings. The third-order valence-electron chi connectivity index (χ3n) is 2.67. The Morgan fingerprint density at radius 2 is 2.21 bits per heavy atom. The fourth-order valence-corrected chi connectivity index (χ4v) is 2.85. The molecule has 14 heavy (non-hydrogen) atoms. The van der Waals surface area contributed by atoms with Gasteiger partial charge in [-0.15, -0.1) is 0 Å². The molecule has 0 amide bonds. The van der Waals surface area contributed by atoms with Gasteiger partial charge < -0.3 is 11.1 Å². The molecule has 1 heterocycles. The Balaban J connectivity index is 1.67. The van der Waals surface area contributed by atoms with Crippen LogP contribution in [0.2, 0.25) is 0 Å². The second-order valence-corrected chi connectivity index (χ2v) is 5.54. The van der Waals surface area contributed by atoms with Gasteiger partial charge in [0.2, 0.25) is 0 Å². The van der Waals surface area contributed by atoms with E-state index in [0.29, 0.717) is 17.3 Å². The van der Waals surface area contributed by atoms with Gasteiger partial charge in [-0.1, -0.05) is 6.42 Å². The van der Waals surface area contributed by atoms with Gasteiger partial charge in [0.15, 0.2) is 5.96 Å². The topological polar surface area (TPSA) is 50.4 Å². The molecular formula is C10H19N3S. The predicted octanol–water partition coefficient (Wildman–Crippen LogP) is 1.34. The molecule has 1 atom stereocenters. The summed E-state index contributed by atoms with van der Waals surface area (Å²) in [7, 11) is 0. The lowest BCUT2D eigenvalue weighted by atomic mass is 10.2. The Labute approximate surface area is 89.9 Å². The van der Waals surface area contributed by atoms with Crippen LogP contribution >= 0.6 is 11.8 Å². The molecule has 2 fully saturated rings. The molecule has 1 aliphatic carbocycles. The largest absolute Gasteiger partial charge is 0.370 e. The zero-order valence-corrected chi connectivity index (χ0v) is 9.35. The fourth-order valence-electron chi connectivity index (χ4n) is 1.63. The quantitative estimate of drug-likeness (QED) is 0.549. The van der Waals surface area contributed by atoms with E-state index in [-0.39, 0.29) is 0 Å². The molecule has 2 aliphatic rings. The molecule has 1 saturated carbocycles. The van der Waals surface area contributed by atoms with Crippen molar-refractivity contribution in [3.63, 3.8) is 0 Å². The molecule has 3 nitrogen and oxygen atoms in total. The van der Waals surface area contributed by atoms with Crippen LogP contribution in [0.3, 0.4) is 0 Å². The maximum atomic E-state index is 5.76. The van der Waals surface area contributed by atoms with Crippen molar-refractivity contribution in [2.24, 2.45) is 10.7 Å². The van der Waals surface area contributed by atoms with E-state index in [9.17, 15) is 0 Å². The van der Waals surface area contributed by atoms with Crippen molar-refractivity contribution >= 4 is 17.7 Å². The summed E-state index contributed by atoms with van der Waals surface area (Å²) in [6.07, 6.45) is 6.57. The molecule has 0 aromatic carbocycles. The number of hydrogen-bond acceptors (Lipinski definition) is 2. The highest BCUT2D eigenvalue weighted by atomic mass is 32.2. The van der Waals surface area contributed by atoms with Crippen LogP contribution in [0.5, 0.6) is 0 Å². The first-order chi connectivity index (χ1) is 6.84.